The summed E-state index contributed by atoms with van der Waals surface area (Å²) in [6.45, 7) is 2.48. The number of nitro groups is 2. The molecule has 0 radical (unpaired) electrons. The van der Waals surface area contributed by atoms with E-state index in [0.717, 1.165) is 21.0 Å². The molecule has 0 aliphatic rings. The number of pyridine rings is 1. The van der Waals surface area contributed by atoms with Crippen LogP contribution in [0, 0.1) is 27.2 Å². The van der Waals surface area contributed by atoms with E-state index in [1.54, 1.807) is 35.4 Å². The fourth-order valence-corrected chi connectivity index (χ4v) is 4.80. The van der Waals surface area contributed by atoms with Crippen molar-refractivity contribution in [1.82, 2.24) is 9.88 Å². The number of amides is 1. The number of hydrogen-bond acceptors (Lipinski definition) is 7. The molecule has 0 bridgehead atoms. The molecule has 4 aromatic rings. The number of carbonyl (C=O) groups is 1. The van der Waals surface area contributed by atoms with Gasteiger partial charge in [0.05, 0.1) is 9.85 Å². The zero-order valence-electron chi connectivity index (χ0n) is 21.7. The second kappa shape index (κ2) is 13.3. The molecule has 0 aliphatic carbocycles. The number of hydrogen-bond donors (Lipinski definition) is 0. The quantitative estimate of drug-likeness (QED) is 0.116. The van der Waals surface area contributed by atoms with Crippen molar-refractivity contribution in [3.05, 3.63) is 140 Å². The topological polar surface area (TPSA) is 119 Å². The Bertz CT molecular complexity index is 1520. The molecule has 0 saturated heterocycles. The van der Waals surface area contributed by atoms with Gasteiger partial charge < -0.3 is 4.90 Å². The summed E-state index contributed by atoms with van der Waals surface area (Å²) in [5, 5.41) is 22.5. The van der Waals surface area contributed by atoms with Gasteiger partial charge in [0, 0.05) is 71.5 Å². The highest BCUT2D eigenvalue weighted by Crippen LogP contribution is 2.33. The average Bonchev–Trinajstić information content (AvgIpc) is 2.96. The van der Waals surface area contributed by atoms with Crippen LogP contribution in [0.3, 0.4) is 0 Å². The van der Waals surface area contributed by atoms with Gasteiger partial charge in [0.15, 0.2) is 0 Å². The number of benzene rings is 3. The van der Waals surface area contributed by atoms with Crippen LogP contribution < -0.4 is 0 Å². The van der Waals surface area contributed by atoms with E-state index < -0.39 is 9.85 Å². The Labute approximate surface area is 235 Å². The maximum Gasteiger partial charge on any atom is 0.269 e. The van der Waals surface area contributed by atoms with Crippen LogP contribution in [0.5, 0.6) is 0 Å². The van der Waals surface area contributed by atoms with Crippen molar-refractivity contribution in [1.29, 1.82) is 0 Å². The number of nitrogens with zero attached hydrogens (tertiary/aromatic N) is 4. The Hall–Kier alpha value is -4.83. The third-order valence-corrected chi connectivity index (χ3v) is 7.19. The van der Waals surface area contributed by atoms with Crippen LogP contribution in [0.15, 0.2) is 107 Å². The van der Waals surface area contributed by atoms with E-state index in [-0.39, 0.29) is 23.8 Å². The Morgan fingerprint density at radius 2 is 1.62 bits per heavy atom. The van der Waals surface area contributed by atoms with Gasteiger partial charge in [0.2, 0.25) is 5.91 Å². The van der Waals surface area contributed by atoms with E-state index in [9.17, 15) is 25.0 Å². The van der Waals surface area contributed by atoms with Crippen molar-refractivity contribution in [2.45, 2.75) is 29.7 Å². The van der Waals surface area contributed by atoms with Crippen molar-refractivity contribution in [2.24, 2.45) is 0 Å². The molecule has 1 amide bonds. The largest absolute Gasteiger partial charge is 0.334 e. The molecule has 0 unspecified atom stereocenters. The normalized spacial score (nSPS) is 10.9. The minimum atomic E-state index is -0.483. The molecule has 3 aromatic carbocycles. The number of nitro benzene ring substituents is 2. The monoisotopic (exact) mass is 554 g/mol. The summed E-state index contributed by atoms with van der Waals surface area (Å²) < 4.78 is 0. The zero-order valence-corrected chi connectivity index (χ0v) is 22.5. The SMILES string of the molecule is Cc1ccc(Sc2ccc([N+](=O)[O-])cc2CN(CCc2ccccn2)C(=O)/C=C/c2ccc([N+](=O)[O-])cc2)cc1. The van der Waals surface area contributed by atoms with E-state index in [0.29, 0.717) is 24.1 Å². The zero-order chi connectivity index (χ0) is 28.5. The lowest BCUT2D eigenvalue weighted by Crippen LogP contribution is -2.31. The second-order valence-corrected chi connectivity index (χ2v) is 10.1. The van der Waals surface area contributed by atoms with Gasteiger partial charge in [0.25, 0.3) is 11.4 Å². The highest BCUT2D eigenvalue weighted by atomic mass is 32.2. The Morgan fingerprint density at radius 1 is 0.925 bits per heavy atom. The van der Waals surface area contributed by atoms with Crippen LogP contribution in [-0.2, 0) is 17.8 Å². The van der Waals surface area contributed by atoms with Crippen molar-refractivity contribution in [3.63, 3.8) is 0 Å². The fourth-order valence-electron chi connectivity index (χ4n) is 3.88. The summed E-state index contributed by atoms with van der Waals surface area (Å²) >= 11 is 1.48. The molecular formula is C30H26N4O5S. The van der Waals surface area contributed by atoms with Gasteiger partial charge in [-0.1, -0.05) is 35.5 Å². The lowest BCUT2D eigenvalue weighted by molar-refractivity contribution is -0.385. The lowest BCUT2D eigenvalue weighted by atomic mass is 10.1. The molecule has 40 heavy (non-hydrogen) atoms. The fraction of sp³-hybridized carbons (Fsp3) is 0.133. The van der Waals surface area contributed by atoms with E-state index in [1.165, 1.54) is 42.1 Å². The van der Waals surface area contributed by atoms with Crippen LogP contribution in [0.4, 0.5) is 11.4 Å². The van der Waals surface area contributed by atoms with Crippen molar-refractivity contribution in [2.75, 3.05) is 6.54 Å². The third kappa shape index (κ3) is 7.84. The van der Waals surface area contributed by atoms with Crippen LogP contribution >= 0.6 is 11.8 Å². The molecule has 10 heteroatoms. The van der Waals surface area contributed by atoms with Gasteiger partial charge in [-0.2, -0.15) is 0 Å². The first-order valence-corrected chi connectivity index (χ1v) is 13.2. The van der Waals surface area contributed by atoms with Crippen molar-refractivity contribution in [3.8, 4) is 0 Å². The predicted molar refractivity (Wildman–Crippen MR) is 154 cm³/mol. The number of non-ortho nitro benzene ring substituents is 2. The second-order valence-electron chi connectivity index (χ2n) is 8.98. The third-order valence-electron chi connectivity index (χ3n) is 6.06. The summed E-state index contributed by atoms with van der Waals surface area (Å²) in [7, 11) is 0. The lowest BCUT2D eigenvalue weighted by Gasteiger charge is -2.23. The smallest absolute Gasteiger partial charge is 0.269 e. The predicted octanol–water partition coefficient (Wildman–Crippen LogP) is 6.64. The molecule has 1 heterocycles. The van der Waals surface area contributed by atoms with Crippen molar-refractivity contribution < 1.29 is 14.6 Å². The van der Waals surface area contributed by atoms with Gasteiger partial charge >= 0.3 is 0 Å². The molecule has 0 fully saturated rings. The van der Waals surface area contributed by atoms with Crippen LogP contribution in [0.25, 0.3) is 6.08 Å². The number of rotatable bonds is 11. The number of aromatic nitrogens is 1. The van der Waals surface area contributed by atoms with Crippen LogP contribution in [0.1, 0.15) is 22.4 Å². The molecule has 0 aliphatic heterocycles. The maximum atomic E-state index is 13.4. The van der Waals surface area contributed by atoms with Gasteiger partial charge in [0.1, 0.15) is 0 Å². The molecule has 1 aromatic heterocycles. The minimum Gasteiger partial charge on any atom is -0.334 e. The molecule has 4 rings (SSSR count). The van der Waals surface area contributed by atoms with E-state index in [4.69, 9.17) is 0 Å². The summed E-state index contributed by atoms with van der Waals surface area (Å²) in [6.07, 6.45) is 5.18. The molecule has 0 atom stereocenters. The average molecular weight is 555 g/mol. The van der Waals surface area contributed by atoms with E-state index in [1.807, 2.05) is 49.4 Å². The van der Waals surface area contributed by atoms with Gasteiger partial charge in [-0.15, -0.1) is 0 Å². The first kappa shape index (κ1) is 28.2. The summed E-state index contributed by atoms with van der Waals surface area (Å²) in [5.74, 6) is -0.299. The van der Waals surface area contributed by atoms with Crippen LogP contribution in [0.2, 0.25) is 0 Å². The standard InChI is InChI=1S/C30H26N4O5S/c1-22-5-13-28(14-6-22)40-29-15-12-27(34(38)39)20-24(29)21-32(19-17-25-4-2-3-18-31-25)30(35)16-9-23-7-10-26(11-8-23)33(36)37/h2-16,18,20H,17,19,21H2,1H3/b16-9+. The first-order valence-electron chi connectivity index (χ1n) is 12.4. The maximum absolute atomic E-state index is 13.4. The van der Waals surface area contributed by atoms with Gasteiger partial charge in [-0.3, -0.25) is 30.0 Å². The molecule has 202 valence electrons. The Morgan fingerprint density at radius 3 is 2.27 bits per heavy atom. The highest BCUT2D eigenvalue weighted by molar-refractivity contribution is 7.99. The Kier molecular flexibility index (Phi) is 9.37. The highest BCUT2D eigenvalue weighted by Gasteiger charge is 2.18. The molecule has 0 spiro atoms. The van der Waals surface area contributed by atoms with Crippen LogP contribution in [-0.4, -0.2) is 32.2 Å². The molecule has 9 nitrogen and oxygen atoms in total. The molecule has 0 N–H and O–H groups in total. The molecular weight excluding hydrogens is 528 g/mol. The minimum absolute atomic E-state index is 0.0373. The van der Waals surface area contributed by atoms with E-state index >= 15 is 0 Å². The molecule has 0 saturated carbocycles. The summed E-state index contributed by atoms with van der Waals surface area (Å²) in [5.41, 5.74) is 3.13. The van der Waals surface area contributed by atoms with E-state index in [2.05, 4.69) is 4.98 Å². The number of carbonyl (C=O) groups excluding carboxylic acids is 1. The van der Waals surface area contributed by atoms with Gasteiger partial charge in [-0.25, -0.2) is 0 Å². The summed E-state index contributed by atoms with van der Waals surface area (Å²) in [6, 6.07) is 24.1. The summed E-state index contributed by atoms with van der Waals surface area (Å²) in [4.78, 5) is 42.7. The van der Waals surface area contributed by atoms with Gasteiger partial charge in [-0.05, 0) is 66.6 Å². The van der Waals surface area contributed by atoms with Crippen molar-refractivity contribution >= 4 is 35.1 Å². The Balaban J connectivity index is 1.62. The number of aryl methyl sites for hydroxylation is 1. The first-order chi connectivity index (χ1) is 19.3.